The third-order valence-corrected chi connectivity index (χ3v) is 10.8. The molecule has 2 unspecified atom stereocenters. The first kappa shape index (κ1) is 51.8. The Balaban J connectivity index is 4.16. The second-order valence-corrected chi connectivity index (χ2v) is 16.1. The number of nitrogens with zero attached hydrogens (tertiary/aromatic N) is 1. The first-order chi connectivity index (χ1) is 25.9. The molecule has 0 radical (unpaired) electrons. The van der Waals surface area contributed by atoms with E-state index in [-0.39, 0.29) is 30.8 Å². The van der Waals surface area contributed by atoms with Crippen molar-refractivity contribution in [1.29, 1.82) is 0 Å². The zero-order chi connectivity index (χ0) is 39.0. The van der Waals surface area contributed by atoms with Crippen LogP contribution in [0.15, 0.2) is 0 Å². The fraction of sp³-hybridized carbons (Fsp3) is 0.957. The highest BCUT2D eigenvalue weighted by atomic mass is 16.5. The number of esters is 2. The zero-order valence-corrected chi connectivity index (χ0v) is 35.9. The lowest BCUT2D eigenvalue weighted by molar-refractivity contribution is -0.150. The minimum Gasteiger partial charge on any atom is -0.462 e. The zero-order valence-electron chi connectivity index (χ0n) is 35.9. The Morgan fingerprint density at radius 3 is 1.32 bits per heavy atom. The predicted molar refractivity (Wildman–Crippen MR) is 224 cm³/mol. The molecule has 0 heterocycles. The van der Waals surface area contributed by atoms with Crippen LogP contribution in [0.4, 0.5) is 0 Å². The Morgan fingerprint density at radius 2 is 0.849 bits per heavy atom. The largest absolute Gasteiger partial charge is 0.462 e. The van der Waals surface area contributed by atoms with Crippen molar-refractivity contribution >= 4 is 11.9 Å². The maximum Gasteiger partial charge on any atom is 0.306 e. The molecule has 0 bridgehead atoms. The molecule has 2 N–H and O–H groups in total. The van der Waals surface area contributed by atoms with Crippen molar-refractivity contribution in [3.05, 3.63) is 0 Å². The third kappa shape index (κ3) is 36.2. The number of carbonyl (C=O) groups is 2. The first-order valence-electron chi connectivity index (χ1n) is 23.3. The molecule has 0 spiro atoms. The Kier molecular flexibility index (Phi) is 39.6. The van der Waals surface area contributed by atoms with Crippen LogP contribution >= 0.6 is 0 Å². The van der Waals surface area contributed by atoms with Gasteiger partial charge in [-0.1, -0.05) is 156 Å². The van der Waals surface area contributed by atoms with Gasteiger partial charge in [0.25, 0.3) is 0 Å². The van der Waals surface area contributed by atoms with Gasteiger partial charge in [0.2, 0.25) is 0 Å². The molecule has 0 aliphatic carbocycles. The van der Waals surface area contributed by atoms with E-state index in [1.54, 1.807) is 0 Å². The van der Waals surface area contributed by atoms with E-state index < -0.39 is 6.10 Å². The van der Waals surface area contributed by atoms with Crippen molar-refractivity contribution in [2.75, 3.05) is 26.2 Å². The molecular weight excluding hydrogens is 663 g/mol. The van der Waals surface area contributed by atoms with E-state index in [1.807, 2.05) is 0 Å². The Labute approximate surface area is 329 Å². The summed E-state index contributed by atoms with van der Waals surface area (Å²) in [5.74, 6) is -0.0948. The van der Waals surface area contributed by atoms with Gasteiger partial charge in [0, 0.05) is 25.9 Å². The van der Waals surface area contributed by atoms with Crippen molar-refractivity contribution in [3.8, 4) is 0 Å². The number of carbonyl (C=O) groups excluding carboxylic acids is 2. The highest BCUT2D eigenvalue weighted by molar-refractivity contribution is 5.69. The fourth-order valence-electron chi connectivity index (χ4n) is 7.34. The number of unbranched alkanes of at least 4 members (excludes halogenated alkanes) is 21. The van der Waals surface area contributed by atoms with Crippen molar-refractivity contribution in [3.63, 3.8) is 0 Å². The van der Waals surface area contributed by atoms with Crippen LogP contribution in [-0.2, 0) is 19.1 Å². The third-order valence-electron chi connectivity index (χ3n) is 10.8. The van der Waals surface area contributed by atoms with Crippen LogP contribution in [0.2, 0.25) is 0 Å². The van der Waals surface area contributed by atoms with E-state index in [2.05, 4.69) is 32.6 Å². The van der Waals surface area contributed by atoms with Gasteiger partial charge in [0.15, 0.2) is 0 Å². The number of hydrogen-bond donors (Lipinski definition) is 2. The number of hydrogen-bond acceptors (Lipinski definition) is 7. The summed E-state index contributed by atoms with van der Waals surface area (Å²) in [5.41, 5.74) is 0. The molecule has 0 rings (SSSR count). The number of ether oxygens (including phenoxy) is 2. The lowest BCUT2D eigenvalue weighted by atomic mass is 10.0. The molecular formula is C46H91NO6. The molecule has 7 nitrogen and oxygen atoms in total. The summed E-state index contributed by atoms with van der Waals surface area (Å²) in [7, 11) is 0. The summed E-state index contributed by atoms with van der Waals surface area (Å²) in [4.78, 5) is 27.2. The summed E-state index contributed by atoms with van der Waals surface area (Å²) >= 11 is 0. The SMILES string of the molecule is CCCCCCCCC(CC)OC(=O)CCCCCCCN(CCO)CC(O)CCCCCC(=O)OC(CCCCCCCC)CCCCCCCC. The van der Waals surface area contributed by atoms with Crippen molar-refractivity contribution in [2.45, 2.75) is 258 Å². The fourth-order valence-corrected chi connectivity index (χ4v) is 7.34. The van der Waals surface area contributed by atoms with Gasteiger partial charge >= 0.3 is 11.9 Å². The van der Waals surface area contributed by atoms with E-state index in [4.69, 9.17) is 9.47 Å². The summed E-state index contributed by atoms with van der Waals surface area (Å²) in [5, 5.41) is 20.3. The number of aliphatic hydroxyl groups is 2. The monoisotopic (exact) mass is 754 g/mol. The molecule has 53 heavy (non-hydrogen) atoms. The molecule has 0 saturated carbocycles. The lowest BCUT2D eigenvalue weighted by Crippen LogP contribution is -2.35. The van der Waals surface area contributed by atoms with Crippen LogP contribution < -0.4 is 0 Å². The van der Waals surface area contributed by atoms with E-state index in [1.165, 1.54) is 96.3 Å². The van der Waals surface area contributed by atoms with E-state index >= 15 is 0 Å². The molecule has 7 heteroatoms. The first-order valence-corrected chi connectivity index (χ1v) is 23.3. The van der Waals surface area contributed by atoms with Gasteiger partial charge < -0.3 is 19.7 Å². The van der Waals surface area contributed by atoms with Gasteiger partial charge in [-0.25, -0.2) is 0 Å². The minimum atomic E-state index is -0.424. The average molecular weight is 754 g/mol. The molecule has 0 saturated heterocycles. The van der Waals surface area contributed by atoms with Gasteiger partial charge in [-0.2, -0.15) is 0 Å². The van der Waals surface area contributed by atoms with Crippen molar-refractivity contribution < 1.29 is 29.3 Å². The van der Waals surface area contributed by atoms with Crippen LogP contribution in [-0.4, -0.2) is 71.6 Å². The van der Waals surface area contributed by atoms with Gasteiger partial charge in [-0.15, -0.1) is 0 Å². The molecule has 316 valence electrons. The molecule has 0 aromatic carbocycles. The summed E-state index contributed by atoms with van der Waals surface area (Å²) in [6.07, 6.45) is 35.7. The van der Waals surface area contributed by atoms with Crippen molar-refractivity contribution in [2.24, 2.45) is 0 Å². The van der Waals surface area contributed by atoms with Gasteiger partial charge in [0.1, 0.15) is 12.2 Å². The van der Waals surface area contributed by atoms with Gasteiger partial charge in [-0.3, -0.25) is 14.5 Å². The standard InChI is InChI=1S/C46H91NO6/c1-5-9-12-15-19-26-33-43(8-4)52-45(50)36-29-22-18-23-31-38-47(39-40-48)41-42(49)32-25-24-30-37-46(51)53-44(34-27-20-16-13-10-6-2)35-28-21-17-14-11-7-3/h42-44,48-49H,5-41H2,1-4H3. The van der Waals surface area contributed by atoms with E-state index in [0.717, 1.165) is 103 Å². The quantitative estimate of drug-likeness (QED) is 0.0473. The predicted octanol–water partition coefficient (Wildman–Crippen LogP) is 12.4. The summed E-state index contributed by atoms with van der Waals surface area (Å²) in [6.45, 7) is 10.9. The van der Waals surface area contributed by atoms with Crippen LogP contribution in [0.1, 0.15) is 240 Å². The Morgan fingerprint density at radius 1 is 0.472 bits per heavy atom. The van der Waals surface area contributed by atoms with Gasteiger partial charge in [0.05, 0.1) is 12.7 Å². The highest BCUT2D eigenvalue weighted by Crippen LogP contribution is 2.19. The topological polar surface area (TPSA) is 96.3 Å². The maximum absolute atomic E-state index is 12.7. The lowest BCUT2D eigenvalue weighted by Gasteiger charge is -2.24. The van der Waals surface area contributed by atoms with Crippen molar-refractivity contribution in [1.82, 2.24) is 4.90 Å². The summed E-state index contributed by atoms with van der Waals surface area (Å²) < 4.78 is 11.7. The molecule has 0 aliphatic rings. The second-order valence-electron chi connectivity index (χ2n) is 16.1. The summed E-state index contributed by atoms with van der Waals surface area (Å²) in [6, 6.07) is 0. The highest BCUT2D eigenvalue weighted by Gasteiger charge is 2.16. The normalized spacial score (nSPS) is 12.8. The molecule has 0 fully saturated rings. The van der Waals surface area contributed by atoms with E-state index in [0.29, 0.717) is 32.4 Å². The smallest absolute Gasteiger partial charge is 0.306 e. The average Bonchev–Trinajstić information content (AvgIpc) is 3.14. The molecule has 0 aliphatic heterocycles. The van der Waals surface area contributed by atoms with Crippen LogP contribution in [0.25, 0.3) is 0 Å². The van der Waals surface area contributed by atoms with Crippen LogP contribution in [0, 0.1) is 0 Å². The van der Waals surface area contributed by atoms with Crippen LogP contribution in [0.3, 0.4) is 0 Å². The van der Waals surface area contributed by atoms with E-state index in [9.17, 15) is 19.8 Å². The molecule has 2 atom stereocenters. The van der Waals surface area contributed by atoms with Gasteiger partial charge in [-0.05, 0) is 77.2 Å². The maximum atomic E-state index is 12.7. The number of aliphatic hydroxyl groups excluding tert-OH is 2. The molecule has 0 aromatic rings. The Hall–Kier alpha value is -1.18. The minimum absolute atomic E-state index is 0.0443. The number of rotatable bonds is 42. The Bertz CT molecular complexity index is 763. The molecule has 0 amide bonds. The van der Waals surface area contributed by atoms with Crippen LogP contribution in [0.5, 0.6) is 0 Å². The molecule has 0 aromatic heterocycles. The second kappa shape index (κ2) is 40.5.